The molecule has 0 saturated heterocycles. The molecule has 3 heteroatoms. The van der Waals surface area contributed by atoms with E-state index in [9.17, 15) is 4.79 Å². The van der Waals surface area contributed by atoms with Crippen molar-refractivity contribution in [1.82, 2.24) is 4.90 Å². The lowest BCUT2D eigenvalue weighted by Crippen LogP contribution is -1.99. The third-order valence-electron chi connectivity index (χ3n) is 0.287. The summed E-state index contributed by atoms with van der Waals surface area (Å²) in [7, 11) is 7.35. The Kier molecular flexibility index (Phi) is 33.1. The number of esters is 1. The second-order valence-corrected chi connectivity index (χ2v) is 2.04. The van der Waals surface area contributed by atoms with E-state index in [1.165, 1.54) is 14.0 Å². The van der Waals surface area contributed by atoms with Crippen LogP contribution in [0, 0.1) is 0 Å². The van der Waals surface area contributed by atoms with E-state index < -0.39 is 0 Å². The molecule has 0 rings (SSSR count). The Labute approximate surface area is 71.3 Å². The van der Waals surface area contributed by atoms with E-state index in [0.717, 1.165) is 0 Å². The van der Waals surface area contributed by atoms with Gasteiger partial charge in [-0.05, 0) is 21.1 Å². The van der Waals surface area contributed by atoms with E-state index >= 15 is 0 Å². The number of carbonyl (C=O) groups is 1. The minimum absolute atomic E-state index is 0. The summed E-state index contributed by atoms with van der Waals surface area (Å²) in [6.07, 6.45) is 0. The summed E-state index contributed by atoms with van der Waals surface area (Å²) >= 11 is 0. The Bertz CT molecular complexity index is 69.7. The molecule has 0 aliphatic heterocycles. The van der Waals surface area contributed by atoms with Crippen LogP contribution in [0.5, 0.6) is 0 Å². The van der Waals surface area contributed by atoms with E-state index in [1.807, 2.05) is 26.0 Å². The summed E-state index contributed by atoms with van der Waals surface area (Å²) in [5.41, 5.74) is 0. The number of hydrogen-bond acceptors (Lipinski definition) is 3. The standard InChI is InChI=1S/C3H9N.C3H6O2.2CH4/c1-4(2)3;1-3(4)5-2;;/h1-3H3;1-2H3;2*1H4. The fraction of sp³-hybridized carbons (Fsp3) is 0.875. The van der Waals surface area contributed by atoms with Crippen molar-refractivity contribution < 1.29 is 9.53 Å². The fourth-order valence-electron chi connectivity index (χ4n) is 0. The zero-order valence-electron chi connectivity index (χ0n) is 6.76. The van der Waals surface area contributed by atoms with Crippen molar-refractivity contribution in [3.05, 3.63) is 0 Å². The van der Waals surface area contributed by atoms with Crippen molar-refractivity contribution in [2.24, 2.45) is 0 Å². The number of rotatable bonds is 0. The monoisotopic (exact) mass is 165 g/mol. The Morgan fingerprint density at radius 2 is 1.27 bits per heavy atom. The third kappa shape index (κ3) is 255. The Balaban J connectivity index is -0.0000000383. The predicted octanol–water partition coefficient (Wildman–Crippen LogP) is 1.63. The van der Waals surface area contributed by atoms with Crippen LogP contribution in [-0.4, -0.2) is 39.1 Å². The smallest absolute Gasteiger partial charge is 0.302 e. The molecule has 0 radical (unpaired) electrons. The SMILES string of the molecule is C.C.CN(C)C.COC(C)=O. The molecule has 0 unspecified atom stereocenters. The molecule has 0 aromatic carbocycles. The number of hydrogen-bond donors (Lipinski definition) is 0. The molecule has 0 fully saturated rings. The second kappa shape index (κ2) is 16.2. The Hall–Kier alpha value is -0.570. The van der Waals surface area contributed by atoms with Crippen LogP contribution in [0.15, 0.2) is 0 Å². The van der Waals surface area contributed by atoms with Gasteiger partial charge in [0, 0.05) is 6.92 Å². The molecule has 0 aromatic rings. The zero-order valence-corrected chi connectivity index (χ0v) is 6.76. The first-order chi connectivity index (χ1) is 4.00. The van der Waals surface area contributed by atoms with Crippen LogP contribution in [0.4, 0.5) is 0 Å². The third-order valence-corrected chi connectivity index (χ3v) is 0.287. The van der Waals surface area contributed by atoms with Crippen LogP contribution in [0.3, 0.4) is 0 Å². The molecule has 0 aliphatic rings. The molecule has 3 nitrogen and oxygen atoms in total. The molecule has 0 aromatic heterocycles. The normalized spacial score (nSPS) is 6.36. The molecule has 72 valence electrons. The quantitative estimate of drug-likeness (QED) is 0.511. The van der Waals surface area contributed by atoms with Gasteiger partial charge in [0.05, 0.1) is 7.11 Å². The lowest BCUT2D eigenvalue weighted by molar-refractivity contribution is -0.137. The first-order valence-electron chi connectivity index (χ1n) is 2.66. The highest BCUT2D eigenvalue weighted by Gasteiger charge is 1.75. The van der Waals surface area contributed by atoms with Crippen molar-refractivity contribution in [2.45, 2.75) is 21.8 Å². The van der Waals surface area contributed by atoms with E-state index in [-0.39, 0.29) is 20.8 Å². The van der Waals surface area contributed by atoms with Crippen molar-refractivity contribution in [3.8, 4) is 0 Å². The van der Waals surface area contributed by atoms with Crippen LogP contribution in [0.25, 0.3) is 0 Å². The van der Waals surface area contributed by atoms with Crippen LogP contribution < -0.4 is 0 Å². The van der Waals surface area contributed by atoms with Gasteiger partial charge in [-0.15, -0.1) is 0 Å². The number of methoxy groups -OCH3 is 1. The Morgan fingerprint density at radius 1 is 1.18 bits per heavy atom. The lowest BCUT2D eigenvalue weighted by atomic mass is 10.8. The van der Waals surface area contributed by atoms with Crippen LogP contribution in [-0.2, 0) is 9.53 Å². The first kappa shape index (κ1) is 22.4. The number of ether oxygens (including phenoxy) is 1. The van der Waals surface area contributed by atoms with Crippen molar-refractivity contribution in [3.63, 3.8) is 0 Å². The average Bonchev–Trinajstić information content (AvgIpc) is 1.65. The van der Waals surface area contributed by atoms with Gasteiger partial charge in [0.2, 0.25) is 0 Å². The number of carbonyl (C=O) groups excluding carboxylic acids is 1. The van der Waals surface area contributed by atoms with E-state index in [2.05, 4.69) is 4.74 Å². The van der Waals surface area contributed by atoms with Gasteiger partial charge < -0.3 is 9.64 Å². The summed E-state index contributed by atoms with van der Waals surface area (Å²) in [6.45, 7) is 1.36. The summed E-state index contributed by atoms with van der Waals surface area (Å²) in [5.74, 6) is -0.245. The lowest BCUT2D eigenvalue weighted by Gasteiger charge is -1.90. The summed E-state index contributed by atoms with van der Waals surface area (Å²) < 4.78 is 4.11. The molecule has 0 N–H and O–H groups in total. The van der Waals surface area contributed by atoms with E-state index in [0.29, 0.717) is 0 Å². The molecule has 0 bridgehead atoms. The average molecular weight is 165 g/mol. The van der Waals surface area contributed by atoms with Crippen LogP contribution in [0.1, 0.15) is 21.8 Å². The Morgan fingerprint density at radius 3 is 1.27 bits per heavy atom. The minimum atomic E-state index is -0.245. The van der Waals surface area contributed by atoms with Gasteiger partial charge >= 0.3 is 5.97 Å². The molecule has 11 heavy (non-hydrogen) atoms. The van der Waals surface area contributed by atoms with E-state index in [4.69, 9.17) is 0 Å². The largest absolute Gasteiger partial charge is 0.469 e. The maximum Gasteiger partial charge on any atom is 0.302 e. The first-order valence-corrected chi connectivity index (χ1v) is 2.66. The predicted molar refractivity (Wildman–Crippen MR) is 50.8 cm³/mol. The summed E-state index contributed by atoms with van der Waals surface area (Å²) in [6, 6.07) is 0. The van der Waals surface area contributed by atoms with Gasteiger partial charge in [-0.1, -0.05) is 14.9 Å². The van der Waals surface area contributed by atoms with Gasteiger partial charge in [0.1, 0.15) is 0 Å². The van der Waals surface area contributed by atoms with Gasteiger partial charge in [0.15, 0.2) is 0 Å². The summed E-state index contributed by atoms with van der Waals surface area (Å²) in [4.78, 5) is 11.6. The van der Waals surface area contributed by atoms with E-state index in [1.54, 1.807) is 0 Å². The number of nitrogens with zero attached hydrogens (tertiary/aromatic N) is 1. The van der Waals surface area contributed by atoms with Crippen LogP contribution >= 0.6 is 0 Å². The highest BCUT2D eigenvalue weighted by molar-refractivity contribution is 5.65. The zero-order chi connectivity index (χ0) is 7.86. The van der Waals surface area contributed by atoms with Crippen molar-refractivity contribution in [2.75, 3.05) is 28.3 Å². The van der Waals surface area contributed by atoms with Gasteiger partial charge in [0.25, 0.3) is 0 Å². The topological polar surface area (TPSA) is 29.5 Å². The summed E-state index contributed by atoms with van der Waals surface area (Å²) in [5, 5.41) is 0. The molecular formula is C8H23NO2. The van der Waals surface area contributed by atoms with Crippen molar-refractivity contribution >= 4 is 5.97 Å². The maximum atomic E-state index is 9.59. The molecule has 0 atom stereocenters. The fourth-order valence-corrected chi connectivity index (χ4v) is 0. The second-order valence-electron chi connectivity index (χ2n) is 2.04. The van der Waals surface area contributed by atoms with Gasteiger partial charge in [-0.3, -0.25) is 4.79 Å². The highest BCUT2D eigenvalue weighted by Crippen LogP contribution is 1.60. The van der Waals surface area contributed by atoms with Crippen molar-refractivity contribution in [1.29, 1.82) is 0 Å². The molecule has 0 aliphatic carbocycles. The molecule has 0 saturated carbocycles. The highest BCUT2D eigenvalue weighted by atomic mass is 16.5. The molecule has 0 heterocycles. The van der Waals surface area contributed by atoms with Crippen LogP contribution in [0.2, 0.25) is 0 Å². The molecule has 0 amide bonds. The van der Waals surface area contributed by atoms with Gasteiger partial charge in [-0.2, -0.15) is 0 Å². The van der Waals surface area contributed by atoms with Gasteiger partial charge in [-0.25, -0.2) is 0 Å². The molecule has 0 spiro atoms. The minimum Gasteiger partial charge on any atom is -0.469 e. The maximum absolute atomic E-state index is 9.59. The molecular weight excluding hydrogens is 142 g/mol.